The molecule has 1 atom stereocenters. The highest BCUT2D eigenvalue weighted by Gasteiger charge is 2.23. The lowest BCUT2D eigenvalue weighted by Gasteiger charge is -2.36. The summed E-state index contributed by atoms with van der Waals surface area (Å²) in [5.74, 6) is 0. The fraction of sp³-hybridized carbons (Fsp3) is 0.312. The van der Waals surface area contributed by atoms with E-state index in [4.69, 9.17) is 5.73 Å². The molecule has 1 unspecified atom stereocenters. The monoisotopic (exact) mass is 325 g/mol. The van der Waals surface area contributed by atoms with Crippen molar-refractivity contribution in [3.63, 3.8) is 0 Å². The maximum Gasteiger partial charge on any atom is 0.0685 e. The Balaban J connectivity index is 0.00000110. The van der Waals surface area contributed by atoms with Gasteiger partial charge >= 0.3 is 0 Å². The first-order valence-corrected chi connectivity index (χ1v) is 6.82. The Morgan fingerprint density at radius 3 is 2.67 bits per heavy atom. The molecule has 2 aromatic rings. The smallest absolute Gasteiger partial charge is 0.0685 e. The first-order valence-electron chi connectivity index (χ1n) is 6.82. The number of halogens is 2. The number of pyridine rings is 1. The van der Waals surface area contributed by atoms with Crippen molar-refractivity contribution in [2.75, 3.05) is 17.2 Å². The van der Waals surface area contributed by atoms with Crippen LogP contribution in [0.25, 0.3) is 0 Å². The van der Waals surface area contributed by atoms with E-state index in [1.165, 1.54) is 11.3 Å². The molecule has 0 amide bonds. The number of nitrogens with zero attached hydrogens (tertiary/aromatic N) is 2. The minimum absolute atomic E-state index is 0. The second kappa shape index (κ2) is 7.53. The largest absolute Gasteiger partial charge is 0.398 e. The molecule has 0 fully saturated rings. The SMILES string of the molecule is CC(c1ccccn1)N1CCCc2c(N)cccc21.Cl.Cl. The number of rotatable bonds is 2. The van der Waals surface area contributed by atoms with Gasteiger partial charge in [0.1, 0.15) is 0 Å². The summed E-state index contributed by atoms with van der Waals surface area (Å²) >= 11 is 0. The predicted molar refractivity (Wildman–Crippen MR) is 93.7 cm³/mol. The summed E-state index contributed by atoms with van der Waals surface area (Å²) in [7, 11) is 0. The molecule has 1 aliphatic heterocycles. The van der Waals surface area contributed by atoms with E-state index >= 15 is 0 Å². The summed E-state index contributed by atoms with van der Waals surface area (Å²) in [5, 5.41) is 0. The summed E-state index contributed by atoms with van der Waals surface area (Å²) in [5.41, 5.74) is 10.7. The van der Waals surface area contributed by atoms with Crippen LogP contribution in [0.15, 0.2) is 42.6 Å². The number of anilines is 2. The van der Waals surface area contributed by atoms with Crippen LogP contribution >= 0.6 is 24.8 Å². The third-order valence-corrected chi connectivity index (χ3v) is 3.91. The van der Waals surface area contributed by atoms with E-state index in [1.807, 2.05) is 30.5 Å². The standard InChI is InChI=1S/C16H19N3.2ClH/c1-12(15-8-2-3-10-18-15)19-11-5-6-13-14(17)7-4-9-16(13)19;;/h2-4,7-10,12H,5-6,11,17H2,1H3;2*1H. The normalized spacial score (nSPS) is 14.4. The molecular formula is C16H21Cl2N3. The van der Waals surface area contributed by atoms with Gasteiger partial charge in [-0.15, -0.1) is 24.8 Å². The van der Waals surface area contributed by atoms with Crippen LogP contribution in [0, 0.1) is 0 Å². The predicted octanol–water partition coefficient (Wildman–Crippen LogP) is 4.02. The van der Waals surface area contributed by atoms with E-state index in [1.54, 1.807) is 0 Å². The first kappa shape index (κ1) is 17.6. The van der Waals surface area contributed by atoms with E-state index < -0.39 is 0 Å². The van der Waals surface area contributed by atoms with Gasteiger partial charge < -0.3 is 10.6 Å². The molecule has 1 aliphatic rings. The molecule has 1 aromatic heterocycles. The van der Waals surface area contributed by atoms with Gasteiger partial charge in [0.05, 0.1) is 11.7 Å². The Hall–Kier alpha value is -1.45. The Kier molecular flexibility index (Phi) is 6.31. The molecule has 3 nitrogen and oxygen atoms in total. The Bertz CT molecular complexity index is 575. The highest BCUT2D eigenvalue weighted by atomic mass is 35.5. The maximum absolute atomic E-state index is 6.10. The van der Waals surface area contributed by atoms with Crippen LogP contribution < -0.4 is 10.6 Å². The van der Waals surface area contributed by atoms with E-state index in [-0.39, 0.29) is 30.9 Å². The molecule has 3 rings (SSSR count). The average Bonchev–Trinajstić information content (AvgIpc) is 2.47. The summed E-state index contributed by atoms with van der Waals surface area (Å²) < 4.78 is 0. The minimum Gasteiger partial charge on any atom is -0.398 e. The van der Waals surface area contributed by atoms with Gasteiger partial charge in [-0.2, -0.15) is 0 Å². The molecule has 1 aromatic carbocycles. The van der Waals surface area contributed by atoms with Crippen molar-refractivity contribution in [3.05, 3.63) is 53.9 Å². The van der Waals surface area contributed by atoms with Crippen LogP contribution in [0.3, 0.4) is 0 Å². The van der Waals surface area contributed by atoms with Crippen LogP contribution in [0.5, 0.6) is 0 Å². The molecule has 5 heteroatoms. The van der Waals surface area contributed by atoms with Gasteiger partial charge in [-0.25, -0.2) is 0 Å². The second-order valence-electron chi connectivity index (χ2n) is 5.07. The molecule has 2 heterocycles. The molecule has 114 valence electrons. The molecule has 0 spiro atoms. The molecule has 0 aliphatic carbocycles. The summed E-state index contributed by atoms with van der Waals surface area (Å²) in [6.07, 6.45) is 4.09. The highest BCUT2D eigenvalue weighted by molar-refractivity contribution is 5.85. The molecule has 0 saturated heterocycles. The van der Waals surface area contributed by atoms with Gasteiger partial charge in [0.15, 0.2) is 0 Å². The van der Waals surface area contributed by atoms with Crippen molar-refractivity contribution >= 4 is 36.2 Å². The first-order chi connectivity index (χ1) is 9.27. The molecule has 2 N–H and O–H groups in total. The van der Waals surface area contributed by atoms with Crippen LogP contribution in [0.4, 0.5) is 11.4 Å². The third-order valence-electron chi connectivity index (χ3n) is 3.91. The zero-order chi connectivity index (χ0) is 13.2. The van der Waals surface area contributed by atoms with Crippen molar-refractivity contribution in [3.8, 4) is 0 Å². The van der Waals surface area contributed by atoms with Crippen LogP contribution in [0.1, 0.15) is 30.6 Å². The van der Waals surface area contributed by atoms with Crippen molar-refractivity contribution in [2.45, 2.75) is 25.8 Å². The van der Waals surface area contributed by atoms with Crippen LogP contribution in [-0.2, 0) is 6.42 Å². The Morgan fingerprint density at radius 2 is 1.95 bits per heavy atom. The molecule has 21 heavy (non-hydrogen) atoms. The van der Waals surface area contributed by atoms with Gasteiger partial charge in [-0.3, -0.25) is 4.98 Å². The lowest BCUT2D eigenvalue weighted by Crippen LogP contribution is -2.32. The van der Waals surface area contributed by atoms with Crippen molar-refractivity contribution in [2.24, 2.45) is 0 Å². The fourth-order valence-corrected chi connectivity index (χ4v) is 2.87. The number of nitrogen functional groups attached to an aromatic ring is 1. The van der Waals surface area contributed by atoms with Crippen LogP contribution in [0.2, 0.25) is 0 Å². The van der Waals surface area contributed by atoms with Crippen molar-refractivity contribution in [1.29, 1.82) is 0 Å². The van der Waals surface area contributed by atoms with E-state index in [9.17, 15) is 0 Å². The van der Waals surface area contributed by atoms with Gasteiger partial charge in [0.2, 0.25) is 0 Å². The number of nitrogens with two attached hydrogens (primary N) is 1. The van der Waals surface area contributed by atoms with Gasteiger partial charge in [-0.1, -0.05) is 12.1 Å². The minimum atomic E-state index is 0. The van der Waals surface area contributed by atoms with Gasteiger partial charge in [0, 0.05) is 24.1 Å². The number of benzene rings is 1. The Labute approximate surface area is 138 Å². The number of fused-ring (bicyclic) bond motifs is 1. The average molecular weight is 326 g/mol. The number of aromatic nitrogens is 1. The quantitative estimate of drug-likeness (QED) is 0.848. The molecular weight excluding hydrogens is 305 g/mol. The lowest BCUT2D eigenvalue weighted by molar-refractivity contribution is 0.605. The van der Waals surface area contributed by atoms with Crippen molar-refractivity contribution < 1.29 is 0 Å². The van der Waals surface area contributed by atoms with Gasteiger partial charge in [0.25, 0.3) is 0 Å². The second-order valence-corrected chi connectivity index (χ2v) is 5.07. The zero-order valence-electron chi connectivity index (χ0n) is 12.0. The molecule has 0 saturated carbocycles. The summed E-state index contributed by atoms with van der Waals surface area (Å²) in [6.45, 7) is 3.27. The Morgan fingerprint density at radius 1 is 1.14 bits per heavy atom. The summed E-state index contributed by atoms with van der Waals surface area (Å²) in [6, 6.07) is 12.6. The maximum atomic E-state index is 6.10. The number of hydrogen-bond acceptors (Lipinski definition) is 3. The highest BCUT2D eigenvalue weighted by Crippen LogP contribution is 2.35. The molecule has 0 radical (unpaired) electrons. The van der Waals surface area contributed by atoms with Gasteiger partial charge in [-0.05, 0) is 49.6 Å². The summed E-state index contributed by atoms with van der Waals surface area (Å²) in [4.78, 5) is 6.89. The topological polar surface area (TPSA) is 42.2 Å². The van der Waals surface area contributed by atoms with E-state index in [2.05, 4.69) is 28.9 Å². The number of hydrogen-bond donors (Lipinski definition) is 1. The molecule has 0 bridgehead atoms. The van der Waals surface area contributed by atoms with E-state index in [0.717, 1.165) is 30.8 Å². The fourth-order valence-electron chi connectivity index (χ4n) is 2.87. The van der Waals surface area contributed by atoms with E-state index in [0.29, 0.717) is 0 Å². The lowest BCUT2D eigenvalue weighted by atomic mass is 9.98. The third kappa shape index (κ3) is 3.42. The van der Waals surface area contributed by atoms with Crippen LogP contribution in [-0.4, -0.2) is 11.5 Å². The zero-order valence-corrected chi connectivity index (χ0v) is 13.7. The van der Waals surface area contributed by atoms with Crippen molar-refractivity contribution in [1.82, 2.24) is 4.98 Å².